The quantitative estimate of drug-likeness (QED) is 0.716. The second-order valence-corrected chi connectivity index (χ2v) is 4.91. The molecule has 1 aromatic heterocycles. The summed E-state index contributed by atoms with van der Waals surface area (Å²) in [4.78, 5) is 11.3. The Bertz CT molecular complexity index is 358. The number of aryl methyl sites for hydroxylation is 1. The Kier molecular flexibility index (Phi) is 3.32. The largest absolute Gasteiger partial charge is 0.293 e. The van der Waals surface area contributed by atoms with E-state index < -0.39 is 0 Å². The zero-order chi connectivity index (χ0) is 11.6. The lowest BCUT2D eigenvalue weighted by atomic mass is 10.1. The summed E-state index contributed by atoms with van der Waals surface area (Å²) in [6, 6.07) is 1.91. The Balaban J connectivity index is 3.17. The molecule has 0 aliphatic carbocycles. The van der Waals surface area contributed by atoms with E-state index in [1.165, 1.54) is 0 Å². The second kappa shape index (κ2) is 4.17. The molecule has 0 saturated carbocycles. The van der Waals surface area contributed by atoms with Gasteiger partial charge in [0.25, 0.3) is 0 Å². The average molecular weight is 208 g/mol. The Morgan fingerprint density at radius 1 is 1.47 bits per heavy atom. The standard InChI is InChI=1S/C12H20N2O/c1-6-7-10-8-11(9(2)15)13-14(10)12(3,4)5/h8H,6-7H2,1-5H3. The van der Waals surface area contributed by atoms with Gasteiger partial charge in [-0.2, -0.15) is 5.10 Å². The van der Waals surface area contributed by atoms with Gasteiger partial charge in [0.2, 0.25) is 0 Å². The highest BCUT2D eigenvalue weighted by Gasteiger charge is 2.20. The summed E-state index contributed by atoms with van der Waals surface area (Å²) >= 11 is 0. The van der Waals surface area contributed by atoms with Gasteiger partial charge in [-0.05, 0) is 33.3 Å². The first-order valence-corrected chi connectivity index (χ1v) is 5.46. The van der Waals surface area contributed by atoms with Crippen LogP contribution in [-0.2, 0) is 12.0 Å². The van der Waals surface area contributed by atoms with Gasteiger partial charge in [0.15, 0.2) is 5.78 Å². The number of rotatable bonds is 3. The fourth-order valence-electron chi connectivity index (χ4n) is 1.61. The van der Waals surface area contributed by atoms with Crippen molar-refractivity contribution in [2.45, 2.75) is 53.0 Å². The van der Waals surface area contributed by atoms with Gasteiger partial charge >= 0.3 is 0 Å². The number of ketones is 1. The Hall–Kier alpha value is -1.12. The molecule has 0 atom stereocenters. The van der Waals surface area contributed by atoms with E-state index in [1.54, 1.807) is 6.92 Å². The van der Waals surface area contributed by atoms with Crippen LogP contribution in [0.2, 0.25) is 0 Å². The molecule has 0 unspecified atom stereocenters. The van der Waals surface area contributed by atoms with Crippen LogP contribution in [-0.4, -0.2) is 15.6 Å². The number of Topliss-reactive ketones (excluding diaryl/α,β-unsaturated/α-hetero) is 1. The van der Waals surface area contributed by atoms with E-state index in [1.807, 2.05) is 10.7 Å². The van der Waals surface area contributed by atoms with Crippen molar-refractivity contribution < 1.29 is 4.79 Å². The summed E-state index contributed by atoms with van der Waals surface area (Å²) < 4.78 is 1.97. The predicted molar refractivity (Wildman–Crippen MR) is 61.2 cm³/mol. The van der Waals surface area contributed by atoms with Crippen LogP contribution in [0, 0.1) is 0 Å². The fraction of sp³-hybridized carbons (Fsp3) is 0.667. The maximum absolute atomic E-state index is 11.3. The molecule has 1 rings (SSSR count). The average Bonchev–Trinajstić information content (AvgIpc) is 2.48. The van der Waals surface area contributed by atoms with Crippen molar-refractivity contribution >= 4 is 5.78 Å². The lowest BCUT2D eigenvalue weighted by Crippen LogP contribution is -2.25. The molecule has 3 nitrogen and oxygen atoms in total. The van der Waals surface area contributed by atoms with Crippen LogP contribution in [0.3, 0.4) is 0 Å². The van der Waals surface area contributed by atoms with E-state index in [2.05, 4.69) is 32.8 Å². The number of hydrogen-bond acceptors (Lipinski definition) is 2. The lowest BCUT2D eigenvalue weighted by Gasteiger charge is -2.22. The van der Waals surface area contributed by atoms with E-state index >= 15 is 0 Å². The molecule has 0 radical (unpaired) electrons. The van der Waals surface area contributed by atoms with E-state index in [0.717, 1.165) is 18.5 Å². The highest BCUT2D eigenvalue weighted by atomic mass is 16.1. The molecule has 0 amide bonds. The topological polar surface area (TPSA) is 34.9 Å². The van der Waals surface area contributed by atoms with Crippen molar-refractivity contribution in [3.63, 3.8) is 0 Å². The van der Waals surface area contributed by atoms with Crippen molar-refractivity contribution in [3.05, 3.63) is 17.5 Å². The fourth-order valence-corrected chi connectivity index (χ4v) is 1.61. The van der Waals surface area contributed by atoms with Gasteiger partial charge in [-0.15, -0.1) is 0 Å². The molecule has 0 N–H and O–H groups in total. The van der Waals surface area contributed by atoms with Gasteiger partial charge in [0, 0.05) is 12.6 Å². The second-order valence-electron chi connectivity index (χ2n) is 4.91. The lowest BCUT2D eigenvalue weighted by molar-refractivity contribution is 0.101. The van der Waals surface area contributed by atoms with Crippen molar-refractivity contribution in [3.8, 4) is 0 Å². The predicted octanol–water partition coefficient (Wildman–Crippen LogP) is 2.79. The van der Waals surface area contributed by atoms with Crippen molar-refractivity contribution in [2.24, 2.45) is 0 Å². The molecule has 0 aromatic carbocycles. The minimum Gasteiger partial charge on any atom is -0.293 e. The van der Waals surface area contributed by atoms with E-state index in [-0.39, 0.29) is 11.3 Å². The first kappa shape index (κ1) is 12.0. The van der Waals surface area contributed by atoms with Gasteiger partial charge in [0.05, 0.1) is 5.54 Å². The maximum Gasteiger partial charge on any atom is 0.179 e. The minimum absolute atomic E-state index is 0.0374. The molecule has 0 spiro atoms. The van der Waals surface area contributed by atoms with Crippen LogP contribution in [0.4, 0.5) is 0 Å². The maximum atomic E-state index is 11.3. The molecule has 1 heterocycles. The Labute approximate surface area is 91.5 Å². The zero-order valence-corrected chi connectivity index (χ0v) is 10.3. The monoisotopic (exact) mass is 208 g/mol. The first-order valence-electron chi connectivity index (χ1n) is 5.46. The minimum atomic E-state index is -0.0573. The molecular formula is C12H20N2O. The smallest absolute Gasteiger partial charge is 0.179 e. The highest BCUT2D eigenvalue weighted by Crippen LogP contribution is 2.18. The normalized spacial score (nSPS) is 11.8. The number of carbonyl (C=O) groups is 1. The molecule has 3 heteroatoms. The molecular weight excluding hydrogens is 188 g/mol. The summed E-state index contributed by atoms with van der Waals surface area (Å²) in [5.41, 5.74) is 1.67. The number of hydrogen-bond donors (Lipinski definition) is 0. The molecule has 0 aliphatic rings. The van der Waals surface area contributed by atoms with Crippen LogP contribution in [0.25, 0.3) is 0 Å². The summed E-state index contributed by atoms with van der Waals surface area (Å²) in [5.74, 6) is 0.0374. The molecule has 0 bridgehead atoms. The molecule has 1 aromatic rings. The van der Waals surface area contributed by atoms with Crippen molar-refractivity contribution in [2.75, 3.05) is 0 Å². The zero-order valence-electron chi connectivity index (χ0n) is 10.3. The first-order chi connectivity index (χ1) is 6.86. The van der Waals surface area contributed by atoms with Crippen LogP contribution in [0.1, 0.15) is 57.2 Å². The van der Waals surface area contributed by atoms with Crippen LogP contribution in [0.5, 0.6) is 0 Å². The SMILES string of the molecule is CCCc1cc(C(C)=O)nn1C(C)(C)C. The highest BCUT2D eigenvalue weighted by molar-refractivity contribution is 5.92. The molecule has 0 saturated heterocycles. The number of carbonyl (C=O) groups excluding carboxylic acids is 1. The number of aromatic nitrogens is 2. The third kappa shape index (κ3) is 2.67. The Morgan fingerprint density at radius 2 is 2.07 bits per heavy atom. The Morgan fingerprint density at radius 3 is 2.47 bits per heavy atom. The van der Waals surface area contributed by atoms with E-state index in [0.29, 0.717) is 5.69 Å². The van der Waals surface area contributed by atoms with Gasteiger partial charge in [-0.3, -0.25) is 9.48 Å². The third-order valence-electron chi connectivity index (χ3n) is 2.29. The van der Waals surface area contributed by atoms with Gasteiger partial charge < -0.3 is 0 Å². The van der Waals surface area contributed by atoms with Crippen molar-refractivity contribution in [1.29, 1.82) is 0 Å². The number of nitrogens with zero attached hydrogens (tertiary/aromatic N) is 2. The molecule has 15 heavy (non-hydrogen) atoms. The van der Waals surface area contributed by atoms with Crippen LogP contribution >= 0.6 is 0 Å². The molecule has 0 fully saturated rings. The van der Waals surface area contributed by atoms with Crippen LogP contribution in [0.15, 0.2) is 6.07 Å². The van der Waals surface area contributed by atoms with Crippen LogP contribution < -0.4 is 0 Å². The van der Waals surface area contributed by atoms with E-state index in [9.17, 15) is 4.79 Å². The van der Waals surface area contributed by atoms with Gasteiger partial charge in [-0.25, -0.2) is 0 Å². The molecule has 0 aliphatic heterocycles. The summed E-state index contributed by atoms with van der Waals surface area (Å²) in [5, 5.41) is 4.37. The van der Waals surface area contributed by atoms with Gasteiger partial charge in [-0.1, -0.05) is 13.3 Å². The molecule has 84 valence electrons. The van der Waals surface area contributed by atoms with E-state index in [4.69, 9.17) is 0 Å². The van der Waals surface area contributed by atoms with Gasteiger partial charge in [0.1, 0.15) is 5.69 Å². The summed E-state index contributed by atoms with van der Waals surface area (Å²) in [6.45, 7) is 9.99. The van der Waals surface area contributed by atoms with Crippen molar-refractivity contribution in [1.82, 2.24) is 9.78 Å². The summed E-state index contributed by atoms with van der Waals surface area (Å²) in [6.07, 6.45) is 2.04. The third-order valence-corrected chi connectivity index (χ3v) is 2.29. The summed E-state index contributed by atoms with van der Waals surface area (Å²) in [7, 11) is 0.